The molecule has 5 rings (SSSR count). The molecular formula is C24H23ClN6O2. The van der Waals surface area contributed by atoms with Crippen LogP contribution in [-0.2, 0) is 6.54 Å². The second-order valence-electron chi connectivity index (χ2n) is 8.42. The highest BCUT2D eigenvalue weighted by Gasteiger charge is 2.28. The first kappa shape index (κ1) is 21.3. The number of benzene rings is 2. The van der Waals surface area contributed by atoms with Gasteiger partial charge in [-0.15, -0.1) is 5.10 Å². The molecule has 1 aliphatic rings. The molecule has 168 valence electrons. The predicted octanol–water partition coefficient (Wildman–Crippen LogP) is 3.54. The molecule has 9 heteroatoms. The number of hydrogen-bond donors (Lipinski definition) is 1. The van der Waals surface area contributed by atoms with Crippen LogP contribution >= 0.6 is 11.6 Å². The van der Waals surface area contributed by atoms with Gasteiger partial charge in [-0.3, -0.25) is 9.59 Å². The first-order valence-corrected chi connectivity index (χ1v) is 11.3. The molecule has 1 atom stereocenters. The lowest BCUT2D eigenvalue weighted by molar-refractivity contribution is 0.0704. The van der Waals surface area contributed by atoms with Crippen molar-refractivity contribution in [1.29, 1.82) is 0 Å². The maximum Gasteiger partial charge on any atom is 0.281 e. The number of carbonyl (C=O) groups is 1. The molecule has 1 N–H and O–H groups in total. The number of aromatic nitrogens is 5. The molecule has 1 fully saturated rings. The molecule has 0 aliphatic carbocycles. The van der Waals surface area contributed by atoms with Gasteiger partial charge in [0.2, 0.25) is 0 Å². The zero-order valence-electron chi connectivity index (χ0n) is 18.2. The predicted molar refractivity (Wildman–Crippen MR) is 126 cm³/mol. The van der Waals surface area contributed by atoms with E-state index in [0.717, 1.165) is 24.0 Å². The van der Waals surface area contributed by atoms with E-state index in [-0.39, 0.29) is 22.9 Å². The standard InChI is InChI=1S/C24H23ClN6O2/c1-15-8-10-16(11-9-15)24(33)30-12-4-6-18(13-30)21-26-22-20(23(32)27-21)28-29-31(22)14-17-5-2-3-7-19(17)25/h2-3,5,7-11,18H,4,6,12-14H2,1H3,(H,26,27,32). The van der Waals surface area contributed by atoms with Crippen LogP contribution in [0.5, 0.6) is 0 Å². The molecule has 1 amide bonds. The van der Waals surface area contributed by atoms with Crippen molar-refractivity contribution in [2.75, 3.05) is 13.1 Å². The molecule has 3 heterocycles. The van der Waals surface area contributed by atoms with E-state index in [0.29, 0.717) is 41.7 Å². The third kappa shape index (κ3) is 4.26. The van der Waals surface area contributed by atoms with E-state index < -0.39 is 0 Å². The van der Waals surface area contributed by atoms with Gasteiger partial charge in [-0.05, 0) is 43.5 Å². The summed E-state index contributed by atoms with van der Waals surface area (Å²) >= 11 is 6.29. The monoisotopic (exact) mass is 462 g/mol. The fourth-order valence-electron chi connectivity index (χ4n) is 4.23. The lowest BCUT2D eigenvalue weighted by Gasteiger charge is -2.32. The van der Waals surface area contributed by atoms with Crippen LogP contribution in [0.4, 0.5) is 0 Å². The molecule has 8 nitrogen and oxygen atoms in total. The Labute approximate surface area is 195 Å². The average Bonchev–Trinajstić information content (AvgIpc) is 3.24. The molecule has 0 spiro atoms. The Hall–Kier alpha value is -3.52. The smallest absolute Gasteiger partial charge is 0.281 e. The summed E-state index contributed by atoms with van der Waals surface area (Å²) in [6, 6.07) is 15.1. The van der Waals surface area contributed by atoms with E-state index in [1.165, 1.54) is 0 Å². The molecule has 1 unspecified atom stereocenters. The summed E-state index contributed by atoms with van der Waals surface area (Å²) in [6.07, 6.45) is 1.67. The number of aromatic amines is 1. The van der Waals surface area contributed by atoms with Crippen LogP contribution in [0.3, 0.4) is 0 Å². The number of rotatable bonds is 4. The molecule has 2 aromatic heterocycles. The summed E-state index contributed by atoms with van der Waals surface area (Å²) < 4.78 is 1.59. The van der Waals surface area contributed by atoms with E-state index in [1.54, 1.807) is 4.68 Å². The molecule has 2 aromatic carbocycles. The van der Waals surface area contributed by atoms with E-state index in [1.807, 2.05) is 60.4 Å². The van der Waals surface area contributed by atoms with E-state index in [4.69, 9.17) is 16.6 Å². The average molecular weight is 463 g/mol. The van der Waals surface area contributed by atoms with Gasteiger partial charge >= 0.3 is 0 Å². The number of nitrogens with one attached hydrogen (secondary N) is 1. The van der Waals surface area contributed by atoms with E-state index in [2.05, 4.69) is 15.3 Å². The van der Waals surface area contributed by atoms with Crippen LogP contribution in [0, 0.1) is 6.92 Å². The Morgan fingerprint density at radius 3 is 2.76 bits per heavy atom. The molecular weight excluding hydrogens is 440 g/mol. The van der Waals surface area contributed by atoms with Crippen LogP contribution in [0.1, 0.15) is 46.1 Å². The van der Waals surface area contributed by atoms with Gasteiger partial charge < -0.3 is 9.88 Å². The number of H-pyrrole nitrogens is 1. The van der Waals surface area contributed by atoms with Gasteiger partial charge in [0.25, 0.3) is 11.5 Å². The third-order valence-electron chi connectivity index (χ3n) is 6.06. The topological polar surface area (TPSA) is 96.8 Å². The number of hydrogen-bond acceptors (Lipinski definition) is 5. The SMILES string of the molecule is Cc1ccc(C(=O)N2CCCC(c3nc4c(nnn4Cc4ccccc4Cl)c(=O)[nH]3)C2)cc1. The normalized spacial score (nSPS) is 16.3. The lowest BCUT2D eigenvalue weighted by atomic mass is 9.96. The second kappa shape index (κ2) is 8.78. The summed E-state index contributed by atoms with van der Waals surface area (Å²) in [6.45, 7) is 3.53. The number of nitrogens with zero attached hydrogens (tertiary/aromatic N) is 5. The molecule has 1 aliphatic heterocycles. The fourth-order valence-corrected chi connectivity index (χ4v) is 4.43. The van der Waals surface area contributed by atoms with Gasteiger partial charge in [0.15, 0.2) is 11.2 Å². The summed E-state index contributed by atoms with van der Waals surface area (Å²) in [5.41, 5.74) is 2.91. The molecule has 33 heavy (non-hydrogen) atoms. The van der Waals surface area contributed by atoms with Crippen molar-refractivity contribution in [3.63, 3.8) is 0 Å². The number of carbonyl (C=O) groups excluding carboxylic acids is 1. The first-order chi connectivity index (χ1) is 16.0. The third-order valence-corrected chi connectivity index (χ3v) is 6.43. The first-order valence-electron chi connectivity index (χ1n) is 10.9. The van der Waals surface area contributed by atoms with Crippen molar-refractivity contribution < 1.29 is 4.79 Å². The maximum absolute atomic E-state index is 13.0. The summed E-state index contributed by atoms with van der Waals surface area (Å²) in [7, 11) is 0. The number of likely N-dealkylation sites (tertiary alicyclic amines) is 1. The van der Waals surface area contributed by atoms with Crippen molar-refractivity contribution in [2.45, 2.75) is 32.2 Å². The molecule has 4 aromatic rings. The van der Waals surface area contributed by atoms with Crippen molar-refractivity contribution in [2.24, 2.45) is 0 Å². The molecule has 0 radical (unpaired) electrons. The Morgan fingerprint density at radius 1 is 1.18 bits per heavy atom. The summed E-state index contributed by atoms with van der Waals surface area (Å²) in [4.78, 5) is 35.2. The molecule has 1 saturated heterocycles. The van der Waals surface area contributed by atoms with Crippen molar-refractivity contribution >= 4 is 28.7 Å². The van der Waals surface area contributed by atoms with Crippen LogP contribution in [-0.4, -0.2) is 48.9 Å². The minimum Gasteiger partial charge on any atom is -0.338 e. The second-order valence-corrected chi connectivity index (χ2v) is 8.83. The highest BCUT2D eigenvalue weighted by Crippen LogP contribution is 2.26. The van der Waals surface area contributed by atoms with Gasteiger partial charge in [-0.2, -0.15) is 0 Å². The number of halogens is 1. The lowest BCUT2D eigenvalue weighted by Crippen LogP contribution is -2.40. The quantitative estimate of drug-likeness (QED) is 0.500. The zero-order valence-corrected chi connectivity index (χ0v) is 18.9. The van der Waals surface area contributed by atoms with Crippen LogP contribution in [0.15, 0.2) is 53.3 Å². The van der Waals surface area contributed by atoms with Crippen LogP contribution in [0.25, 0.3) is 11.2 Å². The van der Waals surface area contributed by atoms with Gasteiger partial charge in [0.05, 0.1) is 6.54 Å². The number of amides is 1. The Kier molecular flexibility index (Phi) is 5.68. The van der Waals surface area contributed by atoms with Crippen molar-refractivity contribution in [3.05, 3.63) is 86.4 Å². The van der Waals surface area contributed by atoms with Gasteiger partial charge in [-0.1, -0.05) is 52.7 Å². The minimum absolute atomic E-state index is 0.00597. The number of piperidine rings is 1. The Balaban J connectivity index is 1.43. The highest BCUT2D eigenvalue weighted by molar-refractivity contribution is 6.31. The van der Waals surface area contributed by atoms with Gasteiger partial charge in [0, 0.05) is 29.6 Å². The number of aryl methyl sites for hydroxylation is 1. The Morgan fingerprint density at radius 2 is 1.97 bits per heavy atom. The van der Waals surface area contributed by atoms with Crippen molar-refractivity contribution in [1.82, 2.24) is 29.9 Å². The van der Waals surface area contributed by atoms with Crippen LogP contribution in [0.2, 0.25) is 5.02 Å². The Bertz CT molecular complexity index is 1380. The van der Waals surface area contributed by atoms with Gasteiger partial charge in [-0.25, -0.2) is 9.67 Å². The molecule has 0 saturated carbocycles. The van der Waals surface area contributed by atoms with Gasteiger partial charge in [0.1, 0.15) is 5.82 Å². The minimum atomic E-state index is -0.331. The largest absolute Gasteiger partial charge is 0.338 e. The number of fused-ring (bicyclic) bond motifs is 1. The fraction of sp³-hybridized carbons (Fsp3) is 0.292. The van der Waals surface area contributed by atoms with Crippen LogP contribution < -0.4 is 5.56 Å². The molecule has 0 bridgehead atoms. The zero-order chi connectivity index (χ0) is 22.9. The summed E-state index contributed by atoms with van der Waals surface area (Å²) in [5.74, 6) is 0.471. The van der Waals surface area contributed by atoms with Crippen molar-refractivity contribution in [3.8, 4) is 0 Å². The maximum atomic E-state index is 13.0. The van der Waals surface area contributed by atoms with E-state index >= 15 is 0 Å². The summed E-state index contributed by atoms with van der Waals surface area (Å²) in [5, 5.41) is 8.76. The highest BCUT2D eigenvalue weighted by atomic mass is 35.5. The van der Waals surface area contributed by atoms with E-state index in [9.17, 15) is 9.59 Å².